The summed E-state index contributed by atoms with van der Waals surface area (Å²) in [5, 5.41) is 5.37. The van der Waals surface area contributed by atoms with Gasteiger partial charge in [0.1, 0.15) is 12.6 Å². The lowest BCUT2D eigenvalue weighted by atomic mass is 10.1. The van der Waals surface area contributed by atoms with Crippen molar-refractivity contribution in [3.05, 3.63) is 0 Å². The molecule has 1 aliphatic rings. The Labute approximate surface area is 113 Å². The molecule has 1 rings (SSSR count). The van der Waals surface area contributed by atoms with Crippen LogP contribution in [0, 0.1) is 5.92 Å². The molecule has 0 aromatic rings. The quantitative estimate of drug-likeness (QED) is 0.702. The van der Waals surface area contributed by atoms with Crippen molar-refractivity contribution in [2.75, 3.05) is 6.54 Å². The summed E-state index contributed by atoms with van der Waals surface area (Å²) >= 11 is 0. The van der Waals surface area contributed by atoms with Crippen molar-refractivity contribution >= 4 is 17.8 Å². The standard InChI is InChI=1S/C13H23N3O3/c1-5-6-10-12(18)16(13(19)15-10)7-11(17)14-9(4)8(2)3/h8-10H,5-7H2,1-4H3,(H,14,17)(H,15,19). The van der Waals surface area contributed by atoms with Crippen molar-refractivity contribution in [1.82, 2.24) is 15.5 Å². The predicted octanol–water partition coefficient (Wildman–Crippen LogP) is 0.868. The summed E-state index contributed by atoms with van der Waals surface area (Å²) in [6, 6.07) is -0.941. The van der Waals surface area contributed by atoms with Crippen LogP contribution in [0.2, 0.25) is 0 Å². The molecule has 108 valence electrons. The zero-order valence-electron chi connectivity index (χ0n) is 12.0. The highest BCUT2D eigenvalue weighted by molar-refractivity contribution is 6.06. The summed E-state index contributed by atoms with van der Waals surface area (Å²) in [7, 11) is 0. The average Bonchev–Trinajstić information content (AvgIpc) is 2.57. The van der Waals surface area contributed by atoms with Crippen molar-refractivity contribution in [2.24, 2.45) is 5.92 Å². The molecule has 0 aromatic heterocycles. The topological polar surface area (TPSA) is 78.5 Å². The second-order valence-corrected chi connectivity index (χ2v) is 5.32. The van der Waals surface area contributed by atoms with Crippen LogP contribution in [-0.4, -0.2) is 41.4 Å². The van der Waals surface area contributed by atoms with E-state index in [0.29, 0.717) is 12.3 Å². The molecule has 1 heterocycles. The molecular formula is C13H23N3O3. The van der Waals surface area contributed by atoms with E-state index in [1.807, 2.05) is 27.7 Å². The largest absolute Gasteiger partial charge is 0.352 e. The molecule has 2 unspecified atom stereocenters. The number of nitrogens with one attached hydrogen (secondary N) is 2. The Morgan fingerprint density at radius 3 is 2.53 bits per heavy atom. The molecule has 2 N–H and O–H groups in total. The zero-order chi connectivity index (χ0) is 14.6. The number of hydrogen-bond donors (Lipinski definition) is 2. The van der Waals surface area contributed by atoms with Crippen molar-refractivity contribution in [2.45, 2.75) is 52.6 Å². The Bertz CT molecular complexity index is 368. The van der Waals surface area contributed by atoms with E-state index in [4.69, 9.17) is 0 Å². The Balaban J connectivity index is 2.55. The number of nitrogens with zero attached hydrogens (tertiary/aromatic N) is 1. The van der Waals surface area contributed by atoms with Gasteiger partial charge in [-0.05, 0) is 19.3 Å². The van der Waals surface area contributed by atoms with E-state index in [2.05, 4.69) is 10.6 Å². The highest BCUT2D eigenvalue weighted by atomic mass is 16.2. The van der Waals surface area contributed by atoms with Gasteiger partial charge in [-0.25, -0.2) is 4.79 Å². The maximum Gasteiger partial charge on any atom is 0.325 e. The van der Waals surface area contributed by atoms with Crippen molar-refractivity contribution in [3.63, 3.8) is 0 Å². The molecule has 0 radical (unpaired) electrons. The molecule has 0 spiro atoms. The number of imide groups is 1. The summed E-state index contributed by atoms with van der Waals surface area (Å²) in [5.41, 5.74) is 0. The molecular weight excluding hydrogens is 246 g/mol. The number of urea groups is 1. The maximum absolute atomic E-state index is 11.9. The fourth-order valence-corrected chi connectivity index (χ4v) is 1.82. The van der Waals surface area contributed by atoms with Gasteiger partial charge in [0.15, 0.2) is 0 Å². The Morgan fingerprint density at radius 1 is 1.37 bits per heavy atom. The van der Waals surface area contributed by atoms with Gasteiger partial charge < -0.3 is 10.6 Å². The Hall–Kier alpha value is -1.59. The van der Waals surface area contributed by atoms with Crippen LogP contribution in [-0.2, 0) is 9.59 Å². The lowest BCUT2D eigenvalue weighted by Gasteiger charge is -2.19. The summed E-state index contributed by atoms with van der Waals surface area (Å²) in [6.07, 6.45) is 1.41. The molecule has 2 atom stereocenters. The molecule has 6 heteroatoms. The summed E-state index contributed by atoms with van der Waals surface area (Å²) in [5.74, 6) is -0.305. The first kappa shape index (κ1) is 15.5. The number of carbonyl (C=O) groups is 3. The SMILES string of the molecule is CCCC1NC(=O)N(CC(=O)NC(C)C(C)C)C1=O. The molecule has 0 bridgehead atoms. The fraction of sp³-hybridized carbons (Fsp3) is 0.769. The van der Waals surface area contributed by atoms with Crippen LogP contribution in [0.3, 0.4) is 0 Å². The first-order valence-corrected chi connectivity index (χ1v) is 6.78. The van der Waals surface area contributed by atoms with E-state index in [1.165, 1.54) is 0 Å². The number of carbonyl (C=O) groups excluding carboxylic acids is 3. The predicted molar refractivity (Wildman–Crippen MR) is 71.4 cm³/mol. The monoisotopic (exact) mass is 269 g/mol. The van der Waals surface area contributed by atoms with Crippen molar-refractivity contribution < 1.29 is 14.4 Å². The molecule has 1 saturated heterocycles. The maximum atomic E-state index is 11.9. The second kappa shape index (κ2) is 6.54. The van der Waals surface area contributed by atoms with Gasteiger partial charge in [-0.1, -0.05) is 27.2 Å². The van der Waals surface area contributed by atoms with Crippen LogP contribution >= 0.6 is 0 Å². The van der Waals surface area contributed by atoms with Crippen LogP contribution in [0.4, 0.5) is 4.79 Å². The molecule has 0 aromatic carbocycles. The van der Waals surface area contributed by atoms with E-state index in [0.717, 1.165) is 11.3 Å². The third-order valence-corrected chi connectivity index (χ3v) is 3.37. The van der Waals surface area contributed by atoms with Gasteiger partial charge in [0.25, 0.3) is 5.91 Å². The third-order valence-electron chi connectivity index (χ3n) is 3.37. The third kappa shape index (κ3) is 3.94. The Morgan fingerprint density at radius 2 is 2.00 bits per heavy atom. The minimum Gasteiger partial charge on any atom is -0.352 e. The zero-order valence-corrected chi connectivity index (χ0v) is 12.0. The highest BCUT2D eigenvalue weighted by Gasteiger charge is 2.38. The number of hydrogen-bond acceptors (Lipinski definition) is 3. The molecule has 0 aliphatic carbocycles. The van der Waals surface area contributed by atoms with Gasteiger partial charge in [-0.15, -0.1) is 0 Å². The molecule has 4 amide bonds. The second-order valence-electron chi connectivity index (χ2n) is 5.32. The molecule has 19 heavy (non-hydrogen) atoms. The minimum atomic E-state index is -0.479. The number of rotatable bonds is 6. The van der Waals surface area contributed by atoms with E-state index >= 15 is 0 Å². The van der Waals surface area contributed by atoms with Crippen LogP contribution in [0.1, 0.15) is 40.5 Å². The normalized spacial score (nSPS) is 20.7. The van der Waals surface area contributed by atoms with Crippen LogP contribution in [0.25, 0.3) is 0 Å². The van der Waals surface area contributed by atoms with Gasteiger partial charge in [0.2, 0.25) is 5.91 Å². The minimum absolute atomic E-state index is 0.0136. The van der Waals surface area contributed by atoms with E-state index in [1.54, 1.807) is 0 Å². The van der Waals surface area contributed by atoms with E-state index < -0.39 is 12.1 Å². The van der Waals surface area contributed by atoms with Gasteiger partial charge >= 0.3 is 6.03 Å². The van der Waals surface area contributed by atoms with Gasteiger partial charge in [-0.3, -0.25) is 14.5 Å². The first-order chi connectivity index (χ1) is 8.86. The molecule has 1 aliphatic heterocycles. The van der Waals surface area contributed by atoms with Crippen LogP contribution in [0.15, 0.2) is 0 Å². The Kier molecular flexibility index (Phi) is 5.32. The molecule has 6 nitrogen and oxygen atoms in total. The summed E-state index contributed by atoms with van der Waals surface area (Å²) < 4.78 is 0. The van der Waals surface area contributed by atoms with Crippen LogP contribution in [0.5, 0.6) is 0 Å². The van der Waals surface area contributed by atoms with Gasteiger partial charge in [0.05, 0.1) is 0 Å². The molecule has 0 saturated carbocycles. The van der Waals surface area contributed by atoms with Crippen molar-refractivity contribution in [1.29, 1.82) is 0 Å². The lowest BCUT2D eigenvalue weighted by Crippen LogP contribution is -2.45. The van der Waals surface area contributed by atoms with E-state index in [-0.39, 0.29) is 24.4 Å². The van der Waals surface area contributed by atoms with Gasteiger partial charge in [0, 0.05) is 6.04 Å². The fourth-order valence-electron chi connectivity index (χ4n) is 1.82. The smallest absolute Gasteiger partial charge is 0.325 e. The molecule has 1 fully saturated rings. The first-order valence-electron chi connectivity index (χ1n) is 6.78. The van der Waals surface area contributed by atoms with Crippen molar-refractivity contribution in [3.8, 4) is 0 Å². The number of amides is 4. The average molecular weight is 269 g/mol. The van der Waals surface area contributed by atoms with E-state index in [9.17, 15) is 14.4 Å². The summed E-state index contributed by atoms with van der Waals surface area (Å²) in [4.78, 5) is 36.3. The summed E-state index contributed by atoms with van der Waals surface area (Å²) in [6.45, 7) is 7.63. The lowest BCUT2D eigenvalue weighted by molar-refractivity contribution is -0.132. The van der Waals surface area contributed by atoms with Crippen LogP contribution < -0.4 is 10.6 Å². The van der Waals surface area contributed by atoms with Gasteiger partial charge in [-0.2, -0.15) is 0 Å². The highest BCUT2D eigenvalue weighted by Crippen LogP contribution is 2.10.